The predicted octanol–water partition coefficient (Wildman–Crippen LogP) is 2.72. The van der Waals surface area contributed by atoms with Gasteiger partial charge in [-0.25, -0.2) is 0 Å². The van der Waals surface area contributed by atoms with Crippen molar-refractivity contribution in [1.29, 1.82) is 0 Å². The third-order valence-corrected chi connectivity index (χ3v) is 3.75. The molecule has 0 unspecified atom stereocenters. The topological polar surface area (TPSA) is 47.2 Å². The van der Waals surface area contributed by atoms with E-state index in [1.807, 2.05) is 56.9 Å². The van der Waals surface area contributed by atoms with Crippen LogP contribution in [-0.4, -0.2) is 21.4 Å². The van der Waals surface area contributed by atoms with Gasteiger partial charge in [0.05, 0.1) is 11.7 Å². The molecule has 0 spiro atoms. The molecule has 0 atom stereocenters. The van der Waals surface area contributed by atoms with Gasteiger partial charge in [0.1, 0.15) is 0 Å². The fourth-order valence-corrected chi connectivity index (χ4v) is 2.60. The summed E-state index contributed by atoms with van der Waals surface area (Å²) in [6, 6.07) is 5.92. The summed E-state index contributed by atoms with van der Waals surface area (Å²) in [6.07, 6.45) is 3.45. The average molecular weight is 276 g/mol. The SMILES string of the molecule is Cn1ncc2cc(C=N[S-](=O)=CC(C)(C)C)ccc21. The van der Waals surface area contributed by atoms with Gasteiger partial charge in [0.25, 0.3) is 0 Å². The van der Waals surface area contributed by atoms with E-state index in [0.717, 1.165) is 16.5 Å². The molecule has 2 rings (SSSR count). The second-order valence-electron chi connectivity index (χ2n) is 5.58. The number of hydrogen-bond acceptors (Lipinski definition) is 3. The van der Waals surface area contributed by atoms with Crippen molar-refractivity contribution in [2.24, 2.45) is 16.9 Å². The largest absolute Gasteiger partial charge is 0.440 e. The third-order valence-electron chi connectivity index (χ3n) is 2.53. The summed E-state index contributed by atoms with van der Waals surface area (Å²) in [5.74, 6) is 0. The van der Waals surface area contributed by atoms with Crippen LogP contribution in [-0.2, 0) is 21.8 Å². The summed E-state index contributed by atoms with van der Waals surface area (Å²) in [7, 11) is 0.611. The first kappa shape index (κ1) is 13.8. The standard InChI is InChI=1S/C14H18N3OS/c1-14(2,3)10-19(18)16-8-11-5-6-13-12(7-11)9-15-17(13)4/h5-10H,1-4H3/q-1. The zero-order chi connectivity index (χ0) is 14.0. The van der Waals surface area contributed by atoms with Crippen molar-refractivity contribution < 1.29 is 4.21 Å². The highest BCUT2D eigenvalue weighted by molar-refractivity contribution is 7.82. The molecule has 0 radical (unpaired) electrons. The van der Waals surface area contributed by atoms with Gasteiger partial charge < -0.3 is 8.61 Å². The Kier molecular flexibility index (Phi) is 3.75. The Bertz CT molecular complexity index is 701. The molecule has 0 aliphatic heterocycles. The minimum atomic E-state index is -1.29. The average Bonchev–Trinajstić information content (AvgIpc) is 2.66. The summed E-state index contributed by atoms with van der Waals surface area (Å²) in [5, 5.41) is 6.97. The maximum Gasteiger partial charge on any atom is 0.0679 e. The second-order valence-corrected chi connectivity index (χ2v) is 6.58. The smallest absolute Gasteiger partial charge is 0.0679 e. The van der Waals surface area contributed by atoms with E-state index >= 15 is 0 Å². The van der Waals surface area contributed by atoms with Gasteiger partial charge in [0.15, 0.2) is 0 Å². The van der Waals surface area contributed by atoms with Crippen molar-refractivity contribution in [3.8, 4) is 0 Å². The molecule has 0 bridgehead atoms. The van der Waals surface area contributed by atoms with E-state index in [-0.39, 0.29) is 5.41 Å². The molecule has 1 heterocycles. The Morgan fingerprint density at radius 3 is 2.79 bits per heavy atom. The summed E-state index contributed by atoms with van der Waals surface area (Å²) < 4.78 is 17.6. The van der Waals surface area contributed by atoms with Gasteiger partial charge in [0.2, 0.25) is 0 Å². The van der Waals surface area contributed by atoms with Crippen LogP contribution in [0.2, 0.25) is 0 Å². The molecule has 1 aromatic carbocycles. The molecule has 4 nitrogen and oxygen atoms in total. The molecular formula is C14H18N3OS-. The molecule has 19 heavy (non-hydrogen) atoms. The Labute approximate surface area is 115 Å². The number of fused-ring (bicyclic) bond motifs is 1. The van der Waals surface area contributed by atoms with Gasteiger partial charge in [-0.05, 0) is 23.1 Å². The molecule has 0 amide bonds. The molecule has 0 saturated carbocycles. The number of nitrogens with zero attached hydrogens (tertiary/aromatic N) is 3. The highest BCUT2D eigenvalue weighted by Crippen LogP contribution is 2.14. The van der Waals surface area contributed by atoms with Crippen LogP contribution in [0.25, 0.3) is 10.9 Å². The van der Waals surface area contributed by atoms with E-state index < -0.39 is 10.6 Å². The van der Waals surface area contributed by atoms with Crippen molar-refractivity contribution in [3.63, 3.8) is 0 Å². The summed E-state index contributed by atoms with van der Waals surface area (Å²) in [5.41, 5.74) is 1.89. The lowest BCUT2D eigenvalue weighted by Gasteiger charge is -2.15. The van der Waals surface area contributed by atoms with Crippen molar-refractivity contribution in [2.45, 2.75) is 20.8 Å². The first-order chi connectivity index (χ1) is 8.85. The Balaban J connectivity index is 2.26. The van der Waals surface area contributed by atoms with E-state index in [1.165, 1.54) is 0 Å². The van der Waals surface area contributed by atoms with Crippen LogP contribution in [0.1, 0.15) is 26.3 Å². The van der Waals surface area contributed by atoms with E-state index in [1.54, 1.807) is 11.6 Å². The van der Waals surface area contributed by atoms with Crippen LogP contribution < -0.4 is 0 Å². The molecule has 102 valence electrons. The quantitative estimate of drug-likeness (QED) is 0.481. The molecule has 1 aromatic heterocycles. The Morgan fingerprint density at radius 2 is 2.11 bits per heavy atom. The maximum absolute atomic E-state index is 11.7. The first-order valence-electron chi connectivity index (χ1n) is 6.08. The lowest BCUT2D eigenvalue weighted by Crippen LogP contribution is -2.07. The van der Waals surface area contributed by atoms with Gasteiger partial charge in [-0.15, -0.1) is 0 Å². The normalized spacial score (nSPS) is 14.5. The maximum atomic E-state index is 11.7. The van der Waals surface area contributed by atoms with Crippen molar-refractivity contribution in [1.82, 2.24) is 9.78 Å². The van der Waals surface area contributed by atoms with Crippen LogP contribution in [0.15, 0.2) is 28.8 Å². The predicted molar refractivity (Wildman–Crippen MR) is 81.9 cm³/mol. The second kappa shape index (κ2) is 5.17. The molecule has 0 N–H and O–H groups in total. The zero-order valence-corrected chi connectivity index (χ0v) is 12.4. The fraction of sp³-hybridized carbons (Fsp3) is 0.357. The van der Waals surface area contributed by atoms with Gasteiger partial charge in [0, 0.05) is 18.6 Å². The van der Waals surface area contributed by atoms with Crippen molar-refractivity contribution in [2.75, 3.05) is 0 Å². The minimum Gasteiger partial charge on any atom is -0.440 e. The molecule has 0 fully saturated rings. The molecule has 0 saturated heterocycles. The lowest BCUT2D eigenvalue weighted by atomic mass is 10.0. The van der Waals surface area contributed by atoms with Gasteiger partial charge in [-0.2, -0.15) is 21.0 Å². The van der Waals surface area contributed by atoms with Gasteiger partial charge >= 0.3 is 0 Å². The first-order valence-corrected chi connectivity index (χ1v) is 7.25. The van der Waals surface area contributed by atoms with Crippen LogP contribution in [0, 0.1) is 5.41 Å². The van der Waals surface area contributed by atoms with Crippen LogP contribution in [0.3, 0.4) is 0 Å². The molecular weight excluding hydrogens is 258 g/mol. The Hall–Kier alpha value is -1.62. The summed E-state index contributed by atoms with van der Waals surface area (Å²) in [4.78, 5) is 0. The van der Waals surface area contributed by atoms with E-state index in [2.05, 4.69) is 9.50 Å². The molecule has 5 heteroatoms. The van der Waals surface area contributed by atoms with Crippen molar-refractivity contribution >= 4 is 33.1 Å². The fourth-order valence-electron chi connectivity index (χ4n) is 1.71. The number of hydrogen-bond donors (Lipinski definition) is 0. The summed E-state index contributed by atoms with van der Waals surface area (Å²) in [6.45, 7) is 6.01. The van der Waals surface area contributed by atoms with Crippen LogP contribution in [0.4, 0.5) is 0 Å². The van der Waals surface area contributed by atoms with Gasteiger partial charge in [-0.1, -0.05) is 26.8 Å². The van der Waals surface area contributed by atoms with E-state index in [4.69, 9.17) is 0 Å². The van der Waals surface area contributed by atoms with Crippen LogP contribution >= 0.6 is 0 Å². The lowest BCUT2D eigenvalue weighted by molar-refractivity contribution is 0.595. The molecule has 0 aliphatic rings. The highest BCUT2D eigenvalue weighted by Gasteiger charge is 2.00. The number of rotatable bonds is 2. The highest BCUT2D eigenvalue weighted by atomic mass is 32.2. The van der Waals surface area contributed by atoms with Crippen LogP contribution in [0.5, 0.6) is 0 Å². The Morgan fingerprint density at radius 1 is 1.37 bits per heavy atom. The van der Waals surface area contributed by atoms with Gasteiger partial charge in [-0.3, -0.25) is 4.68 Å². The monoisotopic (exact) mass is 276 g/mol. The van der Waals surface area contributed by atoms with E-state index in [0.29, 0.717) is 0 Å². The van der Waals surface area contributed by atoms with E-state index in [9.17, 15) is 4.21 Å². The zero-order valence-electron chi connectivity index (χ0n) is 11.6. The van der Waals surface area contributed by atoms with Crippen molar-refractivity contribution in [3.05, 3.63) is 30.0 Å². The third kappa shape index (κ3) is 3.67. The summed E-state index contributed by atoms with van der Waals surface area (Å²) >= 11 is 0. The number of benzene rings is 1. The molecule has 0 aliphatic carbocycles. The number of aryl methyl sites for hydroxylation is 1. The number of aromatic nitrogens is 2. The molecule has 2 aromatic rings. The minimum absolute atomic E-state index is 0.102.